The van der Waals surface area contributed by atoms with Crippen LogP contribution >= 0.6 is 23.4 Å². The maximum Gasteiger partial charge on any atom is 0.240 e. The van der Waals surface area contributed by atoms with Gasteiger partial charge in [0.05, 0.1) is 16.7 Å². The third-order valence-corrected chi connectivity index (χ3v) is 7.05. The number of carbonyl (C=O) groups excluding carboxylic acids is 2. The van der Waals surface area contributed by atoms with Crippen molar-refractivity contribution in [3.8, 4) is 0 Å². The van der Waals surface area contributed by atoms with E-state index in [4.69, 9.17) is 16.7 Å². The van der Waals surface area contributed by atoms with Gasteiger partial charge in [0, 0.05) is 29.1 Å². The highest BCUT2D eigenvalue weighted by atomic mass is 35.5. The zero-order valence-corrected chi connectivity index (χ0v) is 20.6. The highest BCUT2D eigenvalue weighted by Gasteiger charge is 2.39. The highest BCUT2D eigenvalue weighted by Crippen LogP contribution is 2.48. The van der Waals surface area contributed by atoms with Gasteiger partial charge in [0.1, 0.15) is 12.4 Å². The number of fused-ring (bicyclic) bond motifs is 1. The summed E-state index contributed by atoms with van der Waals surface area (Å²) in [6, 6.07) is 7.78. The molecule has 2 amide bonds. The van der Waals surface area contributed by atoms with Crippen LogP contribution in [0.3, 0.4) is 0 Å². The summed E-state index contributed by atoms with van der Waals surface area (Å²) in [5.74, 6) is 0.645. The molecule has 168 valence electrons. The second-order valence-electron chi connectivity index (χ2n) is 9.03. The van der Waals surface area contributed by atoms with Crippen molar-refractivity contribution in [2.24, 2.45) is 7.05 Å². The van der Waals surface area contributed by atoms with Crippen molar-refractivity contribution in [3.63, 3.8) is 0 Å². The number of aromatic nitrogens is 2. The molecule has 1 N–H and O–H groups in total. The summed E-state index contributed by atoms with van der Waals surface area (Å²) in [7, 11) is 1.83. The predicted octanol–water partition coefficient (Wildman–Crippen LogP) is 4.45. The smallest absolute Gasteiger partial charge is 0.240 e. The lowest BCUT2D eigenvalue weighted by Crippen LogP contribution is -2.44. The summed E-state index contributed by atoms with van der Waals surface area (Å²) in [4.78, 5) is 27.5. The molecule has 0 spiro atoms. The number of nitrogens with zero attached hydrogens (tertiary/aromatic N) is 3. The zero-order valence-electron chi connectivity index (χ0n) is 19.0. The van der Waals surface area contributed by atoms with Crippen molar-refractivity contribution in [1.82, 2.24) is 15.1 Å². The van der Waals surface area contributed by atoms with Gasteiger partial charge in [-0.05, 0) is 25.0 Å². The third-order valence-electron chi connectivity index (χ3n) is 5.46. The Balaban J connectivity index is 2.16. The molecule has 0 fully saturated rings. The average Bonchev–Trinajstić information content (AvgIpc) is 2.97. The minimum absolute atomic E-state index is 0.0326. The molecule has 1 aliphatic heterocycles. The van der Waals surface area contributed by atoms with Crippen LogP contribution in [-0.2, 0) is 22.1 Å². The van der Waals surface area contributed by atoms with Gasteiger partial charge in [-0.1, -0.05) is 57.5 Å². The van der Waals surface area contributed by atoms with Crippen LogP contribution in [0.5, 0.6) is 0 Å². The molecule has 1 aromatic heterocycles. The number of halogens is 1. The molecule has 31 heavy (non-hydrogen) atoms. The monoisotopic (exact) mass is 462 g/mol. The minimum atomic E-state index is -0.247. The number of anilines is 1. The van der Waals surface area contributed by atoms with Crippen molar-refractivity contribution in [2.75, 3.05) is 17.2 Å². The average molecular weight is 463 g/mol. The number of aryl methyl sites for hydroxylation is 1. The number of amides is 2. The number of hydrogen-bond acceptors (Lipinski definition) is 4. The zero-order chi connectivity index (χ0) is 22.9. The van der Waals surface area contributed by atoms with Gasteiger partial charge in [0.15, 0.2) is 0 Å². The number of thioether (sulfide) groups is 1. The molecule has 6 nitrogen and oxygen atoms in total. The van der Waals surface area contributed by atoms with Crippen LogP contribution in [0, 0.1) is 0 Å². The molecule has 1 aromatic carbocycles. The van der Waals surface area contributed by atoms with Crippen LogP contribution in [-0.4, -0.2) is 39.9 Å². The van der Waals surface area contributed by atoms with E-state index in [0.29, 0.717) is 10.8 Å². The molecule has 0 radical (unpaired) electrons. The van der Waals surface area contributed by atoms with E-state index in [1.54, 1.807) is 9.58 Å². The van der Waals surface area contributed by atoms with Crippen LogP contribution < -0.4 is 10.2 Å². The Morgan fingerprint density at radius 3 is 2.65 bits per heavy atom. The van der Waals surface area contributed by atoms with Crippen LogP contribution in [0.15, 0.2) is 24.3 Å². The summed E-state index contributed by atoms with van der Waals surface area (Å²) in [6.07, 6.45) is 0.829. The summed E-state index contributed by atoms with van der Waals surface area (Å²) in [5, 5.41) is 8.28. The first-order valence-electron chi connectivity index (χ1n) is 10.6. The SMILES string of the molecule is CC[C@@H](C)NC(=O)CN1C(=O)CS[C@@H](c2ccccc2Cl)c2c(C(C)(C)C)nn(C)c21. The van der Waals surface area contributed by atoms with E-state index in [-0.39, 0.29) is 40.8 Å². The molecule has 2 aromatic rings. The van der Waals surface area contributed by atoms with Gasteiger partial charge >= 0.3 is 0 Å². The summed E-state index contributed by atoms with van der Waals surface area (Å²) >= 11 is 8.11. The van der Waals surface area contributed by atoms with Gasteiger partial charge in [0.2, 0.25) is 11.8 Å². The predicted molar refractivity (Wildman–Crippen MR) is 128 cm³/mol. The second kappa shape index (κ2) is 9.25. The van der Waals surface area contributed by atoms with E-state index in [9.17, 15) is 9.59 Å². The van der Waals surface area contributed by atoms with Crippen molar-refractivity contribution < 1.29 is 9.59 Å². The van der Waals surface area contributed by atoms with Gasteiger partial charge in [-0.15, -0.1) is 11.8 Å². The van der Waals surface area contributed by atoms with Crippen LogP contribution in [0.25, 0.3) is 0 Å². The Hall–Kier alpha value is -1.99. The van der Waals surface area contributed by atoms with E-state index >= 15 is 0 Å². The molecule has 3 rings (SSSR count). The molecule has 0 saturated heterocycles. The van der Waals surface area contributed by atoms with Gasteiger partial charge in [0.25, 0.3) is 0 Å². The summed E-state index contributed by atoms with van der Waals surface area (Å²) in [6.45, 7) is 10.3. The quantitative estimate of drug-likeness (QED) is 0.712. The van der Waals surface area contributed by atoms with Gasteiger partial charge in [-0.25, -0.2) is 0 Å². The maximum absolute atomic E-state index is 13.2. The molecular formula is C23H31ClN4O2S. The first-order valence-corrected chi connectivity index (χ1v) is 12.0. The molecule has 8 heteroatoms. The van der Waals surface area contributed by atoms with E-state index in [1.165, 1.54) is 11.8 Å². The molecule has 0 unspecified atom stereocenters. The van der Waals surface area contributed by atoms with Crippen LogP contribution in [0.1, 0.15) is 63.1 Å². The Bertz CT molecular complexity index is 982. The lowest BCUT2D eigenvalue weighted by molar-refractivity contribution is -0.123. The lowest BCUT2D eigenvalue weighted by Gasteiger charge is -2.25. The Labute approximate surface area is 193 Å². The summed E-state index contributed by atoms with van der Waals surface area (Å²) < 4.78 is 1.74. The first kappa shape index (κ1) is 23.7. The van der Waals surface area contributed by atoms with Crippen LogP contribution in [0.2, 0.25) is 5.02 Å². The van der Waals surface area contributed by atoms with Crippen molar-refractivity contribution in [1.29, 1.82) is 0 Å². The topological polar surface area (TPSA) is 67.2 Å². The summed E-state index contributed by atoms with van der Waals surface area (Å²) in [5.41, 5.74) is 2.57. The van der Waals surface area contributed by atoms with Gasteiger partial charge < -0.3 is 5.32 Å². The Kier molecular flexibility index (Phi) is 7.06. The number of benzene rings is 1. The van der Waals surface area contributed by atoms with E-state index < -0.39 is 0 Å². The molecule has 2 heterocycles. The number of nitrogens with one attached hydrogen (secondary N) is 1. The molecule has 0 saturated carbocycles. The van der Waals surface area contributed by atoms with E-state index in [0.717, 1.165) is 23.2 Å². The third kappa shape index (κ3) is 4.93. The molecule has 0 bridgehead atoms. The van der Waals surface area contributed by atoms with Crippen molar-refractivity contribution in [2.45, 2.75) is 57.7 Å². The number of hydrogen-bond donors (Lipinski definition) is 1. The maximum atomic E-state index is 13.2. The van der Waals surface area contributed by atoms with Crippen molar-refractivity contribution in [3.05, 3.63) is 46.1 Å². The molecular weight excluding hydrogens is 432 g/mol. The fourth-order valence-electron chi connectivity index (χ4n) is 3.74. The van der Waals surface area contributed by atoms with E-state index in [2.05, 4.69) is 26.1 Å². The standard InChI is InChI=1S/C23H31ClN4O2S/c1-7-14(2)25-17(29)12-28-18(30)13-31-20(15-10-8-9-11-16(15)24)19-21(23(3,4)5)26-27(6)22(19)28/h8-11,14,20H,7,12-13H2,1-6H3,(H,25,29)/t14-,20+/m1/s1. The van der Waals surface area contributed by atoms with Gasteiger partial charge in [-0.2, -0.15) is 5.10 Å². The minimum Gasteiger partial charge on any atom is -0.352 e. The fraction of sp³-hybridized carbons (Fsp3) is 0.522. The van der Waals surface area contributed by atoms with E-state index in [1.807, 2.05) is 45.2 Å². The normalized spacial score (nSPS) is 17.8. The molecule has 1 aliphatic rings. The lowest BCUT2D eigenvalue weighted by atomic mass is 9.87. The highest BCUT2D eigenvalue weighted by molar-refractivity contribution is 8.00. The van der Waals surface area contributed by atoms with Gasteiger partial charge in [-0.3, -0.25) is 19.2 Å². The fourth-order valence-corrected chi connectivity index (χ4v) is 5.29. The van der Waals surface area contributed by atoms with Crippen molar-refractivity contribution >= 4 is 41.0 Å². The number of carbonyl (C=O) groups is 2. The molecule has 0 aliphatic carbocycles. The Morgan fingerprint density at radius 1 is 1.35 bits per heavy atom. The number of rotatable bonds is 5. The Morgan fingerprint density at radius 2 is 2.03 bits per heavy atom. The second-order valence-corrected chi connectivity index (χ2v) is 10.5. The molecule has 2 atom stereocenters. The first-order chi connectivity index (χ1) is 14.5. The largest absolute Gasteiger partial charge is 0.352 e. The van der Waals surface area contributed by atoms with Crippen LogP contribution in [0.4, 0.5) is 5.82 Å².